The number of hydrogen-bond donors (Lipinski definition) is 1. The second kappa shape index (κ2) is 3.10. The predicted molar refractivity (Wildman–Crippen MR) is 55.3 cm³/mol. The largest absolute Gasteiger partial charge is 0.396 e. The van der Waals surface area contributed by atoms with Gasteiger partial charge in [0.25, 0.3) is 0 Å². The van der Waals surface area contributed by atoms with E-state index in [-0.39, 0.29) is 5.41 Å². The molecule has 13 heavy (non-hydrogen) atoms. The number of nitrogens with zero attached hydrogens (tertiary/aromatic N) is 1. The highest BCUT2D eigenvalue weighted by Gasteiger charge is 2.19. The van der Waals surface area contributed by atoms with Crippen LogP contribution in [0.25, 0.3) is 0 Å². The van der Waals surface area contributed by atoms with E-state index in [0.29, 0.717) is 5.69 Å². The smallest absolute Gasteiger partial charge is 0.0698 e. The maximum atomic E-state index is 5.87. The van der Waals surface area contributed by atoms with Crippen molar-refractivity contribution in [2.75, 3.05) is 5.73 Å². The summed E-state index contributed by atoms with van der Waals surface area (Å²) in [6, 6.07) is 1.75. The molecule has 0 bridgehead atoms. The maximum Gasteiger partial charge on any atom is 0.0698 e. The third-order valence-corrected chi connectivity index (χ3v) is 1.86. The number of terminal acetylenes is 1. The molecule has 0 aliphatic rings. The highest BCUT2D eigenvalue weighted by atomic mass is 14.8. The van der Waals surface area contributed by atoms with Gasteiger partial charge in [0.05, 0.1) is 16.9 Å². The molecule has 0 aromatic carbocycles. The van der Waals surface area contributed by atoms with Crippen LogP contribution in [0, 0.1) is 12.3 Å². The van der Waals surface area contributed by atoms with Gasteiger partial charge in [-0.2, -0.15) is 0 Å². The number of nitrogens with two attached hydrogens (primary N) is 1. The van der Waals surface area contributed by atoms with Gasteiger partial charge in [-0.25, -0.2) is 0 Å². The molecule has 0 spiro atoms. The number of rotatable bonds is 0. The van der Waals surface area contributed by atoms with Crippen LogP contribution in [-0.2, 0) is 5.41 Å². The van der Waals surface area contributed by atoms with E-state index in [9.17, 15) is 0 Å². The molecular formula is C11H14N2. The van der Waals surface area contributed by atoms with Crippen LogP contribution in [0.2, 0.25) is 0 Å². The lowest BCUT2D eigenvalue weighted by molar-refractivity contribution is 0.571. The minimum Gasteiger partial charge on any atom is -0.396 e. The van der Waals surface area contributed by atoms with Crippen molar-refractivity contribution in [1.82, 2.24) is 4.98 Å². The molecule has 0 fully saturated rings. The Morgan fingerprint density at radius 1 is 1.46 bits per heavy atom. The van der Waals surface area contributed by atoms with E-state index in [1.807, 2.05) is 0 Å². The zero-order valence-corrected chi connectivity index (χ0v) is 8.26. The van der Waals surface area contributed by atoms with Gasteiger partial charge in [-0.05, 0) is 6.07 Å². The average molecular weight is 174 g/mol. The van der Waals surface area contributed by atoms with Crippen molar-refractivity contribution < 1.29 is 0 Å². The monoisotopic (exact) mass is 174 g/mol. The molecule has 1 aromatic heterocycles. The Morgan fingerprint density at radius 3 is 2.54 bits per heavy atom. The summed E-state index contributed by atoms with van der Waals surface area (Å²) >= 11 is 0. The van der Waals surface area contributed by atoms with E-state index in [0.717, 1.165) is 11.3 Å². The van der Waals surface area contributed by atoms with Crippen molar-refractivity contribution in [2.45, 2.75) is 26.2 Å². The summed E-state index contributed by atoms with van der Waals surface area (Å²) in [5.74, 6) is 2.54. The lowest BCUT2D eigenvalue weighted by atomic mass is 9.89. The van der Waals surface area contributed by atoms with E-state index in [4.69, 9.17) is 12.2 Å². The van der Waals surface area contributed by atoms with Crippen LogP contribution >= 0.6 is 0 Å². The molecule has 2 heteroatoms. The lowest BCUT2D eigenvalue weighted by Gasteiger charge is -2.20. The third kappa shape index (κ3) is 1.81. The molecule has 1 heterocycles. The van der Waals surface area contributed by atoms with Crippen molar-refractivity contribution in [1.29, 1.82) is 0 Å². The third-order valence-electron chi connectivity index (χ3n) is 1.86. The number of anilines is 1. The lowest BCUT2D eigenvalue weighted by Crippen LogP contribution is -2.16. The summed E-state index contributed by atoms with van der Waals surface area (Å²) in [4.78, 5) is 4.24. The van der Waals surface area contributed by atoms with Crippen LogP contribution in [0.3, 0.4) is 0 Å². The van der Waals surface area contributed by atoms with Crippen molar-refractivity contribution in [3.8, 4) is 12.3 Å². The summed E-state index contributed by atoms with van der Waals surface area (Å²) < 4.78 is 0. The first kappa shape index (κ1) is 9.60. The van der Waals surface area contributed by atoms with Gasteiger partial charge in [0.2, 0.25) is 0 Å². The molecule has 0 aliphatic heterocycles. The Balaban J connectivity index is 3.34. The summed E-state index contributed by atoms with van der Waals surface area (Å²) in [6.45, 7) is 6.18. The zero-order chi connectivity index (χ0) is 10.1. The molecule has 0 saturated heterocycles. The summed E-state index contributed by atoms with van der Waals surface area (Å²) in [7, 11) is 0. The van der Waals surface area contributed by atoms with E-state index in [1.165, 1.54) is 0 Å². The Labute approximate surface area is 79.2 Å². The standard InChI is InChI=1S/C11H14N2/c1-5-8-6-7-13-10(9(8)12)11(2,3)4/h1,6-7H,12H2,2-4H3. The minimum atomic E-state index is -0.0586. The average Bonchev–Trinajstić information content (AvgIpc) is 2.02. The number of hydrogen-bond acceptors (Lipinski definition) is 2. The van der Waals surface area contributed by atoms with Crippen molar-refractivity contribution in [3.63, 3.8) is 0 Å². The normalized spacial score (nSPS) is 10.9. The first-order valence-corrected chi connectivity index (χ1v) is 4.18. The van der Waals surface area contributed by atoms with E-state index in [2.05, 4.69) is 31.7 Å². The van der Waals surface area contributed by atoms with Crippen LogP contribution in [0.4, 0.5) is 5.69 Å². The Hall–Kier alpha value is -1.49. The van der Waals surface area contributed by atoms with Gasteiger partial charge in [-0.1, -0.05) is 26.7 Å². The second-order valence-electron chi connectivity index (χ2n) is 4.02. The maximum absolute atomic E-state index is 5.87. The number of aromatic nitrogens is 1. The van der Waals surface area contributed by atoms with E-state index >= 15 is 0 Å². The summed E-state index contributed by atoms with van der Waals surface area (Å²) in [6.07, 6.45) is 7.01. The molecule has 0 unspecified atom stereocenters. The molecule has 68 valence electrons. The van der Waals surface area contributed by atoms with Crippen LogP contribution in [0.5, 0.6) is 0 Å². The fourth-order valence-electron chi connectivity index (χ4n) is 1.20. The van der Waals surface area contributed by atoms with E-state index in [1.54, 1.807) is 12.3 Å². The fourth-order valence-corrected chi connectivity index (χ4v) is 1.20. The first-order chi connectivity index (χ1) is 5.96. The van der Waals surface area contributed by atoms with Crippen molar-refractivity contribution in [3.05, 3.63) is 23.5 Å². The molecule has 0 amide bonds. The zero-order valence-electron chi connectivity index (χ0n) is 8.26. The molecule has 0 saturated carbocycles. The molecule has 0 atom stereocenters. The SMILES string of the molecule is C#Cc1ccnc(C(C)(C)C)c1N. The Morgan fingerprint density at radius 2 is 2.08 bits per heavy atom. The van der Waals surface area contributed by atoms with Crippen molar-refractivity contribution >= 4 is 5.69 Å². The first-order valence-electron chi connectivity index (χ1n) is 4.18. The van der Waals surface area contributed by atoms with Gasteiger partial charge in [0.15, 0.2) is 0 Å². The highest BCUT2D eigenvalue weighted by molar-refractivity contribution is 5.59. The molecule has 1 aromatic rings. The van der Waals surface area contributed by atoms with Gasteiger partial charge in [-0.15, -0.1) is 6.42 Å². The van der Waals surface area contributed by atoms with Gasteiger partial charge < -0.3 is 5.73 Å². The van der Waals surface area contributed by atoms with Crippen LogP contribution in [0.1, 0.15) is 32.0 Å². The van der Waals surface area contributed by atoms with Gasteiger partial charge in [0.1, 0.15) is 0 Å². The fraction of sp³-hybridized carbons (Fsp3) is 0.364. The number of pyridine rings is 1. The minimum absolute atomic E-state index is 0.0586. The van der Waals surface area contributed by atoms with Gasteiger partial charge in [0, 0.05) is 11.6 Å². The second-order valence-corrected chi connectivity index (χ2v) is 4.02. The topological polar surface area (TPSA) is 38.9 Å². The molecule has 2 N–H and O–H groups in total. The van der Waals surface area contributed by atoms with Crippen molar-refractivity contribution in [2.24, 2.45) is 0 Å². The van der Waals surface area contributed by atoms with Crippen LogP contribution in [0.15, 0.2) is 12.3 Å². The Bertz CT molecular complexity index is 353. The van der Waals surface area contributed by atoms with Gasteiger partial charge in [-0.3, -0.25) is 4.98 Å². The molecule has 2 nitrogen and oxygen atoms in total. The summed E-state index contributed by atoms with van der Waals surface area (Å²) in [5, 5.41) is 0. The number of nitrogen functional groups attached to an aromatic ring is 1. The highest BCUT2D eigenvalue weighted by Crippen LogP contribution is 2.27. The van der Waals surface area contributed by atoms with Crippen LogP contribution < -0.4 is 5.73 Å². The van der Waals surface area contributed by atoms with E-state index < -0.39 is 0 Å². The molecule has 0 radical (unpaired) electrons. The Kier molecular flexibility index (Phi) is 2.29. The molecule has 1 rings (SSSR count). The van der Waals surface area contributed by atoms with Gasteiger partial charge >= 0.3 is 0 Å². The quantitative estimate of drug-likeness (QED) is 0.610. The van der Waals surface area contributed by atoms with Crippen LogP contribution in [-0.4, -0.2) is 4.98 Å². The predicted octanol–water partition coefficient (Wildman–Crippen LogP) is 1.94. The molecule has 0 aliphatic carbocycles. The molecular weight excluding hydrogens is 160 g/mol. The summed E-state index contributed by atoms with van der Waals surface area (Å²) in [5.41, 5.74) is 8.03.